The van der Waals surface area contributed by atoms with Crippen LogP contribution in [0.5, 0.6) is 0 Å². The molecule has 1 rings (SSSR count). The summed E-state index contributed by atoms with van der Waals surface area (Å²) in [6.07, 6.45) is 2.45. The molecule has 0 saturated carbocycles. The van der Waals surface area contributed by atoms with Crippen LogP contribution in [-0.2, 0) is 20.7 Å². The third kappa shape index (κ3) is 5.16. The lowest BCUT2D eigenvalue weighted by atomic mass is 10.2. The summed E-state index contributed by atoms with van der Waals surface area (Å²) in [4.78, 5) is 25.1. The lowest BCUT2D eigenvalue weighted by Gasteiger charge is -2.25. The van der Waals surface area contributed by atoms with Crippen molar-refractivity contribution in [1.82, 2.24) is 4.90 Å². The van der Waals surface area contributed by atoms with Gasteiger partial charge in [-0.15, -0.1) is 0 Å². The molecule has 0 radical (unpaired) electrons. The van der Waals surface area contributed by atoms with E-state index in [2.05, 4.69) is 0 Å². The molecule has 1 aromatic rings. The van der Waals surface area contributed by atoms with E-state index in [9.17, 15) is 9.59 Å². The monoisotopic (exact) mass is 267 g/mol. The Labute approximate surface area is 113 Å². The number of hydrogen-bond donors (Lipinski definition) is 0. The highest BCUT2D eigenvalue weighted by Gasteiger charge is 2.20. The van der Waals surface area contributed by atoms with Crippen molar-refractivity contribution in [2.24, 2.45) is 0 Å². The molecule has 19 heavy (non-hydrogen) atoms. The summed E-state index contributed by atoms with van der Waals surface area (Å²) in [5, 5.41) is 0. The molecule has 0 aliphatic rings. The van der Waals surface area contributed by atoms with E-state index >= 15 is 0 Å². The largest absolute Gasteiger partial charge is 0.469 e. The summed E-state index contributed by atoms with van der Waals surface area (Å²) in [6.45, 7) is 5.83. The molecule has 0 aromatic carbocycles. The van der Waals surface area contributed by atoms with Gasteiger partial charge in [0.2, 0.25) is 5.91 Å². The summed E-state index contributed by atoms with van der Waals surface area (Å²) in [5.41, 5.74) is 0. The van der Waals surface area contributed by atoms with Gasteiger partial charge in [0.25, 0.3) is 0 Å². The molecule has 0 saturated heterocycles. The van der Waals surface area contributed by atoms with Gasteiger partial charge in [-0.25, -0.2) is 0 Å². The smallest absolute Gasteiger partial charge is 0.325 e. The third-order valence-electron chi connectivity index (χ3n) is 2.71. The summed E-state index contributed by atoms with van der Waals surface area (Å²) >= 11 is 0. The summed E-state index contributed by atoms with van der Waals surface area (Å²) in [7, 11) is 0. The first-order valence-corrected chi connectivity index (χ1v) is 6.52. The zero-order chi connectivity index (χ0) is 14.3. The molecule has 0 aliphatic heterocycles. The quantitative estimate of drug-likeness (QED) is 0.709. The zero-order valence-electron chi connectivity index (χ0n) is 11.7. The van der Waals surface area contributed by atoms with Crippen LogP contribution in [0.25, 0.3) is 0 Å². The molecule has 0 fully saturated rings. The van der Waals surface area contributed by atoms with Crippen molar-refractivity contribution >= 4 is 11.9 Å². The molecule has 0 N–H and O–H groups in total. The minimum Gasteiger partial charge on any atom is -0.469 e. The fraction of sp³-hybridized carbons (Fsp3) is 0.571. The standard InChI is InChI=1S/C14H21NO4/c1-4-18-14(17)10-15(11(2)3)13(16)8-7-12-6-5-9-19-12/h5-6,9,11H,4,7-8,10H2,1-3H3. The Morgan fingerprint density at radius 2 is 2.16 bits per heavy atom. The lowest BCUT2D eigenvalue weighted by molar-refractivity contribution is -0.150. The normalized spacial score (nSPS) is 10.5. The van der Waals surface area contributed by atoms with Crippen molar-refractivity contribution in [3.63, 3.8) is 0 Å². The molecule has 106 valence electrons. The molecule has 0 unspecified atom stereocenters. The molecule has 0 aliphatic carbocycles. The highest BCUT2D eigenvalue weighted by atomic mass is 16.5. The number of carbonyl (C=O) groups excluding carboxylic acids is 2. The Morgan fingerprint density at radius 3 is 2.68 bits per heavy atom. The van der Waals surface area contributed by atoms with Crippen molar-refractivity contribution in [3.8, 4) is 0 Å². The van der Waals surface area contributed by atoms with Crippen molar-refractivity contribution < 1.29 is 18.7 Å². The van der Waals surface area contributed by atoms with Crippen LogP contribution < -0.4 is 0 Å². The predicted octanol–water partition coefficient (Wildman–Crippen LogP) is 2.01. The van der Waals surface area contributed by atoms with Crippen LogP contribution in [0.3, 0.4) is 0 Å². The number of esters is 1. The fourth-order valence-electron chi connectivity index (χ4n) is 1.73. The van der Waals surface area contributed by atoms with Gasteiger partial charge in [0.05, 0.1) is 12.9 Å². The van der Waals surface area contributed by atoms with E-state index in [1.807, 2.05) is 19.9 Å². The number of carbonyl (C=O) groups is 2. The molecular formula is C14H21NO4. The van der Waals surface area contributed by atoms with Crippen LogP contribution in [-0.4, -0.2) is 36.0 Å². The Kier molecular flexibility index (Phi) is 6.12. The van der Waals surface area contributed by atoms with Crippen LogP contribution in [0, 0.1) is 0 Å². The highest BCUT2D eigenvalue weighted by molar-refractivity contribution is 5.82. The first kappa shape index (κ1) is 15.3. The second kappa shape index (κ2) is 7.61. The highest BCUT2D eigenvalue weighted by Crippen LogP contribution is 2.08. The summed E-state index contributed by atoms with van der Waals surface area (Å²) in [6, 6.07) is 3.59. The maximum absolute atomic E-state index is 12.1. The minimum absolute atomic E-state index is 0.00247. The molecule has 1 heterocycles. The third-order valence-corrected chi connectivity index (χ3v) is 2.71. The van der Waals surface area contributed by atoms with Gasteiger partial charge in [-0.2, -0.15) is 0 Å². The molecule has 1 amide bonds. The predicted molar refractivity (Wildman–Crippen MR) is 70.5 cm³/mol. The topological polar surface area (TPSA) is 59.8 Å². The number of furan rings is 1. The average molecular weight is 267 g/mol. The molecule has 5 heteroatoms. The Morgan fingerprint density at radius 1 is 1.42 bits per heavy atom. The fourth-order valence-corrected chi connectivity index (χ4v) is 1.73. The molecule has 5 nitrogen and oxygen atoms in total. The minimum atomic E-state index is -0.373. The van der Waals surface area contributed by atoms with Crippen molar-refractivity contribution in [2.75, 3.05) is 13.2 Å². The number of amides is 1. The van der Waals surface area contributed by atoms with Gasteiger partial charge in [0.15, 0.2) is 0 Å². The van der Waals surface area contributed by atoms with Gasteiger partial charge in [-0.1, -0.05) is 0 Å². The molecule has 1 aromatic heterocycles. The summed E-state index contributed by atoms with van der Waals surface area (Å²) < 4.78 is 10.1. The van der Waals surface area contributed by atoms with Crippen molar-refractivity contribution in [2.45, 2.75) is 39.7 Å². The lowest BCUT2D eigenvalue weighted by Crippen LogP contribution is -2.41. The Balaban J connectivity index is 2.50. The van der Waals surface area contributed by atoms with E-state index in [-0.39, 0.29) is 24.5 Å². The van der Waals surface area contributed by atoms with E-state index in [0.29, 0.717) is 19.4 Å². The molecule has 0 bridgehead atoms. The van der Waals surface area contributed by atoms with Crippen LogP contribution in [0.2, 0.25) is 0 Å². The van der Waals surface area contributed by atoms with Crippen LogP contribution in [0.15, 0.2) is 22.8 Å². The number of ether oxygens (including phenoxy) is 1. The average Bonchev–Trinajstić information content (AvgIpc) is 2.86. The second-order valence-corrected chi connectivity index (χ2v) is 4.50. The van der Waals surface area contributed by atoms with Gasteiger partial charge < -0.3 is 14.1 Å². The summed E-state index contributed by atoms with van der Waals surface area (Å²) in [5.74, 6) is 0.329. The van der Waals surface area contributed by atoms with E-state index in [4.69, 9.17) is 9.15 Å². The number of aryl methyl sites for hydroxylation is 1. The maximum atomic E-state index is 12.1. The van der Waals surface area contributed by atoms with Crippen molar-refractivity contribution in [1.29, 1.82) is 0 Å². The van der Waals surface area contributed by atoms with Gasteiger partial charge in [0.1, 0.15) is 12.3 Å². The first-order chi connectivity index (χ1) is 9.04. The van der Waals surface area contributed by atoms with Crippen LogP contribution >= 0.6 is 0 Å². The molecule has 0 spiro atoms. The zero-order valence-corrected chi connectivity index (χ0v) is 11.7. The van der Waals surface area contributed by atoms with Gasteiger partial charge in [-0.3, -0.25) is 9.59 Å². The number of rotatable bonds is 7. The Bertz CT molecular complexity index is 398. The van der Waals surface area contributed by atoms with Gasteiger partial charge in [-0.05, 0) is 32.9 Å². The van der Waals surface area contributed by atoms with Crippen LogP contribution in [0.4, 0.5) is 0 Å². The Hall–Kier alpha value is -1.78. The number of hydrogen-bond acceptors (Lipinski definition) is 4. The van der Waals surface area contributed by atoms with Crippen molar-refractivity contribution in [3.05, 3.63) is 24.2 Å². The first-order valence-electron chi connectivity index (χ1n) is 6.52. The van der Waals surface area contributed by atoms with E-state index in [1.54, 1.807) is 19.3 Å². The van der Waals surface area contributed by atoms with Crippen LogP contribution in [0.1, 0.15) is 33.0 Å². The van der Waals surface area contributed by atoms with Gasteiger partial charge >= 0.3 is 5.97 Å². The van der Waals surface area contributed by atoms with Gasteiger partial charge in [0, 0.05) is 18.9 Å². The number of nitrogens with zero attached hydrogens (tertiary/aromatic N) is 1. The molecular weight excluding hydrogens is 246 g/mol. The molecule has 0 atom stereocenters. The van der Waals surface area contributed by atoms with E-state index in [0.717, 1.165) is 5.76 Å². The van der Waals surface area contributed by atoms with E-state index < -0.39 is 0 Å². The second-order valence-electron chi connectivity index (χ2n) is 4.50. The maximum Gasteiger partial charge on any atom is 0.325 e. The SMILES string of the molecule is CCOC(=O)CN(C(=O)CCc1ccco1)C(C)C. The van der Waals surface area contributed by atoms with E-state index in [1.165, 1.54) is 4.90 Å².